The Kier molecular flexibility index (Phi) is 5.01. The van der Waals surface area contributed by atoms with Crippen molar-refractivity contribution in [3.63, 3.8) is 0 Å². The van der Waals surface area contributed by atoms with Crippen LogP contribution in [0.1, 0.15) is 37.0 Å². The van der Waals surface area contributed by atoms with Crippen LogP contribution in [0.5, 0.6) is 5.75 Å². The highest BCUT2D eigenvalue weighted by Gasteiger charge is 2.21. The van der Waals surface area contributed by atoms with Gasteiger partial charge in [-0.25, -0.2) is 0 Å². The summed E-state index contributed by atoms with van der Waals surface area (Å²) in [6.45, 7) is 4.15. The summed E-state index contributed by atoms with van der Waals surface area (Å²) in [4.78, 5) is 14.1. The highest BCUT2D eigenvalue weighted by Crippen LogP contribution is 2.27. The lowest BCUT2D eigenvalue weighted by Crippen LogP contribution is -2.35. The number of hydrogen-bond donors (Lipinski definition) is 1. The highest BCUT2D eigenvalue weighted by molar-refractivity contribution is 5.98. The van der Waals surface area contributed by atoms with Gasteiger partial charge in [-0.1, -0.05) is 19.4 Å². The number of methoxy groups -OCH3 is 1. The quantitative estimate of drug-likeness (QED) is 0.817. The Bertz CT molecular complexity index is 418. The van der Waals surface area contributed by atoms with Crippen LogP contribution >= 0.6 is 0 Å². The van der Waals surface area contributed by atoms with Gasteiger partial charge in [0.15, 0.2) is 5.75 Å². The van der Waals surface area contributed by atoms with Crippen molar-refractivity contribution in [3.8, 4) is 5.75 Å². The Balaban J connectivity index is 3.00. The van der Waals surface area contributed by atoms with Gasteiger partial charge in [-0.3, -0.25) is 4.79 Å². The molecular weight excluding hydrogens is 228 g/mol. The number of benzene rings is 1. The van der Waals surface area contributed by atoms with Gasteiger partial charge in [-0.05, 0) is 25.5 Å². The van der Waals surface area contributed by atoms with Crippen molar-refractivity contribution in [1.82, 2.24) is 4.90 Å². The number of rotatable bonds is 5. The Hall–Kier alpha value is -1.71. The molecule has 0 aliphatic rings. The van der Waals surface area contributed by atoms with Crippen LogP contribution in [0.25, 0.3) is 0 Å². The van der Waals surface area contributed by atoms with Crippen LogP contribution in [0.2, 0.25) is 0 Å². The molecule has 100 valence electrons. The Morgan fingerprint density at radius 2 is 2.17 bits per heavy atom. The van der Waals surface area contributed by atoms with E-state index in [1.54, 1.807) is 23.1 Å². The topological polar surface area (TPSA) is 55.6 Å². The van der Waals surface area contributed by atoms with Gasteiger partial charge in [0.25, 0.3) is 5.91 Å². The third-order valence-corrected chi connectivity index (χ3v) is 3.17. The van der Waals surface area contributed by atoms with Crippen LogP contribution in [0.15, 0.2) is 18.2 Å². The summed E-state index contributed by atoms with van der Waals surface area (Å²) in [7, 11) is 3.34. The molecule has 1 atom stereocenters. The molecule has 0 bridgehead atoms. The lowest BCUT2D eigenvalue weighted by atomic mass is 10.1. The van der Waals surface area contributed by atoms with E-state index in [0.29, 0.717) is 17.0 Å². The number of carbonyl (C=O) groups is 1. The second kappa shape index (κ2) is 6.28. The number of hydrogen-bond acceptors (Lipinski definition) is 3. The van der Waals surface area contributed by atoms with Gasteiger partial charge in [0.05, 0.1) is 18.4 Å². The minimum atomic E-state index is -0.0555. The summed E-state index contributed by atoms with van der Waals surface area (Å²) in [5.41, 5.74) is 6.81. The van der Waals surface area contributed by atoms with Gasteiger partial charge in [0.1, 0.15) is 0 Å². The Labute approximate surface area is 109 Å². The fraction of sp³-hybridized carbons (Fsp3) is 0.500. The SMILES string of the molecule is CCCC(C)N(C)C(=O)c1cccc(N)c1OC. The van der Waals surface area contributed by atoms with Crippen LogP contribution in [-0.4, -0.2) is 31.0 Å². The molecule has 0 aliphatic heterocycles. The van der Waals surface area contributed by atoms with Crippen LogP contribution in [0.3, 0.4) is 0 Å². The van der Waals surface area contributed by atoms with Crippen molar-refractivity contribution in [2.24, 2.45) is 0 Å². The predicted octanol–water partition coefficient (Wildman–Crippen LogP) is 2.54. The van der Waals surface area contributed by atoms with Crippen LogP contribution in [0, 0.1) is 0 Å². The summed E-state index contributed by atoms with van der Waals surface area (Å²) in [5, 5.41) is 0. The normalized spacial score (nSPS) is 12.0. The van der Waals surface area contributed by atoms with Crippen molar-refractivity contribution in [2.75, 3.05) is 19.9 Å². The second-order valence-corrected chi connectivity index (χ2v) is 4.48. The lowest BCUT2D eigenvalue weighted by molar-refractivity contribution is 0.0733. The fourth-order valence-electron chi connectivity index (χ4n) is 1.95. The molecule has 0 saturated carbocycles. The number of nitrogens with zero attached hydrogens (tertiary/aromatic N) is 1. The first-order valence-electron chi connectivity index (χ1n) is 6.22. The minimum absolute atomic E-state index is 0.0555. The first-order chi connectivity index (χ1) is 8.52. The van der Waals surface area contributed by atoms with Gasteiger partial charge in [-0.15, -0.1) is 0 Å². The van der Waals surface area contributed by atoms with Gasteiger partial charge in [0.2, 0.25) is 0 Å². The molecular formula is C14H22N2O2. The van der Waals surface area contributed by atoms with E-state index in [4.69, 9.17) is 10.5 Å². The summed E-state index contributed by atoms with van der Waals surface area (Å²) < 4.78 is 5.21. The summed E-state index contributed by atoms with van der Waals surface area (Å²) >= 11 is 0. The van der Waals surface area contributed by atoms with E-state index in [1.807, 2.05) is 14.0 Å². The van der Waals surface area contributed by atoms with E-state index in [9.17, 15) is 4.79 Å². The maximum absolute atomic E-state index is 12.4. The van der Waals surface area contributed by atoms with Gasteiger partial charge in [0, 0.05) is 13.1 Å². The zero-order chi connectivity index (χ0) is 13.7. The van der Waals surface area contributed by atoms with Crippen LogP contribution in [0.4, 0.5) is 5.69 Å². The molecule has 1 unspecified atom stereocenters. The minimum Gasteiger partial charge on any atom is -0.494 e. The molecule has 18 heavy (non-hydrogen) atoms. The molecule has 0 heterocycles. The lowest BCUT2D eigenvalue weighted by Gasteiger charge is -2.25. The summed E-state index contributed by atoms with van der Waals surface area (Å²) in [6, 6.07) is 5.44. The molecule has 2 N–H and O–H groups in total. The molecule has 4 nitrogen and oxygen atoms in total. The van der Waals surface area contributed by atoms with Crippen molar-refractivity contribution in [2.45, 2.75) is 32.7 Å². The highest BCUT2D eigenvalue weighted by atomic mass is 16.5. The van der Waals surface area contributed by atoms with Gasteiger partial charge < -0.3 is 15.4 Å². The number of para-hydroxylation sites is 1. The third-order valence-electron chi connectivity index (χ3n) is 3.17. The van der Waals surface area contributed by atoms with Gasteiger partial charge >= 0.3 is 0 Å². The predicted molar refractivity (Wildman–Crippen MR) is 73.9 cm³/mol. The summed E-state index contributed by atoms with van der Waals surface area (Å²) in [6.07, 6.45) is 2.03. The Morgan fingerprint density at radius 1 is 1.50 bits per heavy atom. The molecule has 0 spiro atoms. The largest absolute Gasteiger partial charge is 0.494 e. The Morgan fingerprint density at radius 3 is 2.72 bits per heavy atom. The number of carbonyl (C=O) groups excluding carboxylic acids is 1. The zero-order valence-electron chi connectivity index (χ0n) is 11.6. The van der Waals surface area contributed by atoms with E-state index in [0.717, 1.165) is 12.8 Å². The van der Waals surface area contributed by atoms with Crippen LogP contribution < -0.4 is 10.5 Å². The first kappa shape index (κ1) is 14.4. The van der Waals surface area contributed by atoms with Crippen molar-refractivity contribution < 1.29 is 9.53 Å². The average Bonchev–Trinajstić information content (AvgIpc) is 2.37. The maximum atomic E-state index is 12.4. The molecule has 1 amide bonds. The molecule has 1 aromatic carbocycles. The second-order valence-electron chi connectivity index (χ2n) is 4.48. The van der Waals surface area contributed by atoms with E-state index in [1.165, 1.54) is 7.11 Å². The average molecular weight is 250 g/mol. The molecule has 1 aromatic rings. The monoisotopic (exact) mass is 250 g/mol. The molecule has 1 rings (SSSR count). The number of nitrogen functional groups attached to an aromatic ring is 1. The molecule has 0 radical (unpaired) electrons. The standard InChI is InChI=1S/C14H22N2O2/c1-5-7-10(2)16(3)14(17)11-8-6-9-12(15)13(11)18-4/h6,8-10H,5,7,15H2,1-4H3. The van der Waals surface area contributed by atoms with E-state index in [2.05, 4.69) is 6.92 Å². The summed E-state index contributed by atoms with van der Waals surface area (Å²) in [5.74, 6) is 0.401. The zero-order valence-corrected chi connectivity index (χ0v) is 11.6. The molecule has 0 fully saturated rings. The molecule has 0 saturated heterocycles. The van der Waals surface area contributed by atoms with E-state index in [-0.39, 0.29) is 11.9 Å². The van der Waals surface area contributed by atoms with Crippen molar-refractivity contribution >= 4 is 11.6 Å². The van der Waals surface area contributed by atoms with Crippen molar-refractivity contribution in [1.29, 1.82) is 0 Å². The molecule has 0 aromatic heterocycles. The molecule has 4 heteroatoms. The number of anilines is 1. The molecule has 0 aliphatic carbocycles. The third kappa shape index (κ3) is 2.94. The van der Waals surface area contributed by atoms with Crippen molar-refractivity contribution in [3.05, 3.63) is 23.8 Å². The number of nitrogens with two attached hydrogens (primary N) is 1. The van der Waals surface area contributed by atoms with Crippen LogP contribution in [-0.2, 0) is 0 Å². The fourth-order valence-corrected chi connectivity index (χ4v) is 1.95. The maximum Gasteiger partial charge on any atom is 0.257 e. The number of amides is 1. The van der Waals surface area contributed by atoms with E-state index >= 15 is 0 Å². The smallest absolute Gasteiger partial charge is 0.257 e. The van der Waals surface area contributed by atoms with Gasteiger partial charge in [-0.2, -0.15) is 0 Å². The number of ether oxygens (including phenoxy) is 1. The van der Waals surface area contributed by atoms with E-state index < -0.39 is 0 Å². The first-order valence-corrected chi connectivity index (χ1v) is 6.22.